The fourth-order valence-electron chi connectivity index (χ4n) is 1.91. The molecule has 1 aromatic carbocycles. The van der Waals surface area contributed by atoms with E-state index in [0.29, 0.717) is 17.7 Å². The van der Waals surface area contributed by atoms with E-state index in [0.717, 1.165) is 11.1 Å². The number of hydrogen-bond donors (Lipinski definition) is 2. The van der Waals surface area contributed by atoms with Crippen LogP contribution in [0.15, 0.2) is 18.2 Å². The molecule has 2 atom stereocenters. The van der Waals surface area contributed by atoms with Gasteiger partial charge in [0, 0.05) is 46.4 Å². The van der Waals surface area contributed by atoms with Crippen molar-refractivity contribution in [1.82, 2.24) is 5.32 Å². The third-order valence-corrected chi connectivity index (χ3v) is 3.64. The monoisotopic (exact) mass is 307 g/mol. The number of nitrogens with one attached hydrogen (secondary N) is 1. The Kier molecular flexibility index (Phi) is 7.13. The van der Waals surface area contributed by atoms with Gasteiger partial charge in [-0.15, -0.1) is 0 Å². The van der Waals surface area contributed by atoms with Gasteiger partial charge in [0.2, 0.25) is 0 Å². The lowest BCUT2D eigenvalue weighted by Gasteiger charge is -2.13. The number of amides is 1. The van der Waals surface area contributed by atoms with Gasteiger partial charge in [0.15, 0.2) is 0 Å². The molecule has 0 heterocycles. The van der Waals surface area contributed by atoms with Gasteiger partial charge >= 0.3 is 0 Å². The molecule has 0 aliphatic heterocycles. The zero-order valence-corrected chi connectivity index (χ0v) is 13.4. The maximum absolute atomic E-state index is 12.2. The van der Waals surface area contributed by atoms with Crippen LogP contribution in [0, 0.1) is 18.8 Å². The lowest BCUT2D eigenvalue weighted by Crippen LogP contribution is -2.36. The van der Waals surface area contributed by atoms with Gasteiger partial charge in [0.05, 0.1) is 6.61 Å². The first-order chi connectivity index (χ1) is 9.92. The summed E-state index contributed by atoms with van der Waals surface area (Å²) < 4.78 is 11.1. The highest BCUT2D eigenvalue weighted by Crippen LogP contribution is 2.09. The van der Waals surface area contributed by atoms with Crippen LogP contribution >= 0.6 is 0 Å². The molecule has 0 saturated carbocycles. The summed E-state index contributed by atoms with van der Waals surface area (Å²) in [5.74, 6) is 6.01. The van der Waals surface area contributed by atoms with Crippen LogP contribution in [0.25, 0.3) is 0 Å². The molecule has 0 saturated heterocycles. The maximum Gasteiger partial charge on any atom is 0.251 e. The van der Waals surface area contributed by atoms with Crippen molar-refractivity contribution in [2.24, 2.45) is 0 Å². The average Bonchev–Trinajstić information content (AvgIpc) is 2.37. The molecule has 1 aromatic rings. The minimum atomic E-state index is -0.943. The summed E-state index contributed by atoms with van der Waals surface area (Å²) in [6.45, 7) is 3.76. The number of carbonyl (C=O) groups excluding carboxylic acids is 1. The van der Waals surface area contributed by atoms with Crippen molar-refractivity contribution in [3.8, 4) is 11.8 Å². The summed E-state index contributed by atoms with van der Waals surface area (Å²) in [5.41, 5.74) is 2.24. The fourth-order valence-corrected chi connectivity index (χ4v) is 2.70. The van der Waals surface area contributed by atoms with Gasteiger partial charge in [-0.2, -0.15) is 0 Å². The predicted molar refractivity (Wildman–Crippen MR) is 85.6 cm³/mol. The number of rotatable bonds is 5. The van der Waals surface area contributed by atoms with Crippen LogP contribution in [0.1, 0.15) is 34.8 Å². The van der Waals surface area contributed by atoms with Crippen LogP contribution in [0.2, 0.25) is 0 Å². The van der Waals surface area contributed by atoms with E-state index in [2.05, 4.69) is 17.2 Å². The van der Waals surface area contributed by atoms with E-state index in [9.17, 15) is 9.00 Å². The second kappa shape index (κ2) is 8.60. The zero-order chi connectivity index (χ0) is 15.8. The van der Waals surface area contributed by atoms with Gasteiger partial charge in [0.1, 0.15) is 0 Å². The lowest BCUT2D eigenvalue weighted by atomic mass is 10.1. The van der Waals surface area contributed by atoms with Crippen molar-refractivity contribution >= 4 is 16.7 Å². The molecule has 5 heteroatoms. The van der Waals surface area contributed by atoms with Crippen LogP contribution < -0.4 is 5.32 Å². The Morgan fingerprint density at radius 3 is 2.76 bits per heavy atom. The summed E-state index contributed by atoms with van der Waals surface area (Å²) in [7, 11) is -0.943. The molecule has 2 unspecified atom stereocenters. The van der Waals surface area contributed by atoms with Gasteiger partial charge in [-0.25, -0.2) is 0 Å². The summed E-state index contributed by atoms with van der Waals surface area (Å²) in [6, 6.07) is 5.27. The molecule has 0 fully saturated rings. The van der Waals surface area contributed by atoms with Gasteiger partial charge < -0.3 is 10.4 Å². The lowest BCUT2D eigenvalue weighted by molar-refractivity contribution is 0.0943. The highest BCUT2D eigenvalue weighted by atomic mass is 32.2. The second-order valence-corrected chi connectivity index (χ2v) is 6.46. The molecule has 0 aromatic heterocycles. The molecular formula is C16H21NO3S. The van der Waals surface area contributed by atoms with Crippen molar-refractivity contribution in [2.45, 2.75) is 26.3 Å². The fraction of sp³-hybridized carbons (Fsp3) is 0.438. The SMILES string of the molecule is Cc1cc(C#CCCO)cc(C(=O)NC(C)CS(C)=O)c1. The molecule has 0 aliphatic carbocycles. The van der Waals surface area contributed by atoms with Gasteiger partial charge in [-0.1, -0.05) is 11.8 Å². The molecule has 21 heavy (non-hydrogen) atoms. The normalized spacial score (nSPS) is 13.0. The van der Waals surface area contributed by atoms with Gasteiger partial charge in [0.25, 0.3) is 5.91 Å². The highest BCUT2D eigenvalue weighted by Gasteiger charge is 2.11. The van der Waals surface area contributed by atoms with E-state index in [1.165, 1.54) is 0 Å². The number of benzene rings is 1. The Morgan fingerprint density at radius 2 is 2.14 bits per heavy atom. The number of hydrogen-bond acceptors (Lipinski definition) is 3. The van der Waals surface area contributed by atoms with E-state index in [4.69, 9.17) is 5.11 Å². The molecule has 1 amide bonds. The maximum atomic E-state index is 12.2. The molecule has 4 nitrogen and oxygen atoms in total. The van der Waals surface area contributed by atoms with Gasteiger partial charge in [-0.3, -0.25) is 9.00 Å². The minimum Gasteiger partial charge on any atom is -0.395 e. The number of aliphatic hydroxyl groups excluding tert-OH is 1. The van der Waals surface area contributed by atoms with E-state index < -0.39 is 10.8 Å². The van der Waals surface area contributed by atoms with Crippen molar-refractivity contribution < 1.29 is 14.1 Å². The minimum absolute atomic E-state index is 0.0256. The van der Waals surface area contributed by atoms with E-state index in [1.807, 2.05) is 19.9 Å². The Morgan fingerprint density at radius 1 is 1.43 bits per heavy atom. The second-order valence-electron chi connectivity index (χ2n) is 4.98. The summed E-state index contributed by atoms with van der Waals surface area (Å²) in [5, 5.41) is 11.6. The Hall–Kier alpha value is -1.64. The van der Waals surface area contributed by atoms with Crippen molar-refractivity contribution in [2.75, 3.05) is 18.6 Å². The van der Waals surface area contributed by atoms with E-state index >= 15 is 0 Å². The Labute approximate surface area is 128 Å². The zero-order valence-electron chi connectivity index (χ0n) is 12.6. The van der Waals surface area contributed by atoms with Crippen LogP contribution in [0.4, 0.5) is 0 Å². The molecule has 0 radical (unpaired) electrons. The quantitative estimate of drug-likeness (QED) is 0.804. The summed E-state index contributed by atoms with van der Waals surface area (Å²) in [6.07, 6.45) is 2.03. The van der Waals surface area contributed by atoms with Crippen LogP contribution in [0.3, 0.4) is 0 Å². The molecule has 0 spiro atoms. The number of carbonyl (C=O) groups is 1. The molecule has 2 N–H and O–H groups in total. The molecule has 0 bridgehead atoms. The van der Waals surface area contributed by atoms with Crippen LogP contribution in [-0.2, 0) is 10.8 Å². The van der Waals surface area contributed by atoms with Crippen LogP contribution in [0.5, 0.6) is 0 Å². The first-order valence-electron chi connectivity index (χ1n) is 6.74. The van der Waals surface area contributed by atoms with E-state index in [1.54, 1.807) is 18.4 Å². The number of aryl methyl sites for hydroxylation is 1. The molecular weight excluding hydrogens is 286 g/mol. The first-order valence-corrected chi connectivity index (χ1v) is 8.47. The smallest absolute Gasteiger partial charge is 0.251 e. The molecule has 0 aliphatic rings. The Bertz CT molecular complexity index is 587. The third kappa shape index (κ3) is 6.56. The van der Waals surface area contributed by atoms with Crippen molar-refractivity contribution in [3.05, 3.63) is 34.9 Å². The highest BCUT2D eigenvalue weighted by molar-refractivity contribution is 7.84. The molecule has 1 rings (SSSR count). The summed E-state index contributed by atoms with van der Waals surface area (Å²) in [4.78, 5) is 12.2. The molecule has 114 valence electrons. The van der Waals surface area contributed by atoms with Gasteiger partial charge in [-0.05, 0) is 37.6 Å². The predicted octanol–water partition coefficient (Wildman–Crippen LogP) is 1.23. The van der Waals surface area contributed by atoms with Crippen molar-refractivity contribution in [3.63, 3.8) is 0 Å². The summed E-state index contributed by atoms with van der Waals surface area (Å²) >= 11 is 0. The van der Waals surface area contributed by atoms with E-state index in [-0.39, 0.29) is 18.6 Å². The standard InChI is InChI=1S/C16H21NO3S/c1-12-8-14(6-4-5-7-18)10-15(9-12)16(19)17-13(2)11-21(3)20/h8-10,13,18H,5,7,11H2,1-3H3,(H,17,19). The largest absolute Gasteiger partial charge is 0.395 e. The Balaban J connectivity index is 2.85. The average molecular weight is 307 g/mol. The van der Waals surface area contributed by atoms with Crippen molar-refractivity contribution in [1.29, 1.82) is 0 Å². The van der Waals surface area contributed by atoms with Crippen LogP contribution in [-0.4, -0.2) is 39.9 Å². The topological polar surface area (TPSA) is 66.4 Å². The first kappa shape index (κ1) is 17.4. The third-order valence-electron chi connectivity index (χ3n) is 2.67. The number of aliphatic hydroxyl groups is 1.